The molecular weight excluding hydrogens is 384 g/mol. The molecule has 0 saturated carbocycles. The number of likely N-dealkylation sites (N-methyl/N-ethyl adjacent to an activating group) is 1. The summed E-state index contributed by atoms with van der Waals surface area (Å²) < 4.78 is 5.52. The van der Waals surface area contributed by atoms with Crippen LogP contribution < -0.4 is 14.5 Å². The van der Waals surface area contributed by atoms with Gasteiger partial charge >= 0.3 is 5.69 Å². The molecule has 4 rings (SSSR count). The molecule has 2 saturated heterocycles. The van der Waals surface area contributed by atoms with Crippen LogP contribution in [0, 0.1) is 10.1 Å². The topological polar surface area (TPSA) is 87.9 Å². The van der Waals surface area contributed by atoms with Crippen molar-refractivity contribution in [3.05, 3.63) is 46.3 Å². The number of benzene rings is 1. The first-order valence-electron chi connectivity index (χ1n) is 10.4. The summed E-state index contributed by atoms with van der Waals surface area (Å²) in [5.41, 5.74) is 1.23. The van der Waals surface area contributed by atoms with E-state index < -0.39 is 0 Å². The lowest BCUT2D eigenvalue weighted by atomic mass is 9.89. The minimum Gasteiger partial charge on any atom is -0.496 e. The molecule has 9 nitrogen and oxygen atoms in total. The molecule has 0 N–H and O–H groups in total. The number of rotatable bonds is 5. The van der Waals surface area contributed by atoms with Crippen molar-refractivity contribution in [2.45, 2.75) is 18.8 Å². The van der Waals surface area contributed by atoms with Crippen LogP contribution in [0.25, 0.3) is 0 Å². The number of methoxy groups -OCH3 is 1. The van der Waals surface area contributed by atoms with Gasteiger partial charge in [-0.25, -0.2) is 9.97 Å². The first-order chi connectivity index (χ1) is 14.6. The van der Waals surface area contributed by atoms with Gasteiger partial charge in [0.2, 0.25) is 11.6 Å². The van der Waals surface area contributed by atoms with Gasteiger partial charge in [-0.3, -0.25) is 10.1 Å². The molecule has 9 heteroatoms. The predicted octanol–water partition coefficient (Wildman–Crippen LogP) is 2.53. The average Bonchev–Trinajstić information content (AvgIpc) is 2.79. The first-order valence-corrected chi connectivity index (χ1v) is 10.4. The summed E-state index contributed by atoms with van der Waals surface area (Å²) in [6, 6.07) is 8.10. The number of hydrogen-bond acceptors (Lipinski definition) is 8. The van der Waals surface area contributed by atoms with Gasteiger partial charge in [-0.05, 0) is 37.4 Å². The molecule has 0 spiro atoms. The molecule has 2 aromatic rings. The zero-order chi connectivity index (χ0) is 21.1. The molecule has 0 amide bonds. The number of ether oxygens (including phenoxy) is 1. The van der Waals surface area contributed by atoms with Gasteiger partial charge in [-0.2, -0.15) is 0 Å². The Morgan fingerprint density at radius 1 is 1.00 bits per heavy atom. The third-order valence-corrected chi connectivity index (χ3v) is 6.14. The van der Waals surface area contributed by atoms with E-state index in [1.807, 2.05) is 28.0 Å². The van der Waals surface area contributed by atoms with E-state index in [1.54, 1.807) is 7.11 Å². The fourth-order valence-electron chi connectivity index (χ4n) is 4.41. The number of piperidine rings is 1. The summed E-state index contributed by atoms with van der Waals surface area (Å²) in [6.45, 7) is 4.60. The van der Waals surface area contributed by atoms with E-state index in [-0.39, 0.29) is 10.6 Å². The van der Waals surface area contributed by atoms with Crippen molar-refractivity contribution in [1.82, 2.24) is 14.9 Å². The van der Waals surface area contributed by atoms with Crippen LogP contribution in [0.15, 0.2) is 30.6 Å². The molecule has 0 unspecified atom stereocenters. The monoisotopic (exact) mass is 412 g/mol. The molecule has 30 heavy (non-hydrogen) atoms. The summed E-state index contributed by atoms with van der Waals surface area (Å²) in [6.07, 6.45) is 3.25. The predicted molar refractivity (Wildman–Crippen MR) is 116 cm³/mol. The molecule has 0 atom stereocenters. The molecule has 2 aliphatic rings. The summed E-state index contributed by atoms with van der Waals surface area (Å²) in [5, 5.41) is 12.0. The van der Waals surface area contributed by atoms with E-state index in [9.17, 15) is 10.1 Å². The highest BCUT2D eigenvalue weighted by molar-refractivity contribution is 5.71. The Balaban J connectivity index is 1.55. The Bertz CT molecular complexity index is 892. The maximum absolute atomic E-state index is 12.0. The molecule has 2 fully saturated rings. The van der Waals surface area contributed by atoms with E-state index in [1.165, 1.54) is 11.9 Å². The lowest BCUT2D eigenvalue weighted by Gasteiger charge is -2.35. The number of hydrogen-bond donors (Lipinski definition) is 0. The Morgan fingerprint density at radius 3 is 2.20 bits per heavy atom. The molecule has 160 valence electrons. The molecular formula is C21H28N6O3. The number of anilines is 2. The van der Waals surface area contributed by atoms with Crippen molar-refractivity contribution in [2.75, 3.05) is 63.2 Å². The second-order valence-electron chi connectivity index (χ2n) is 7.92. The van der Waals surface area contributed by atoms with E-state index in [4.69, 9.17) is 4.74 Å². The summed E-state index contributed by atoms with van der Waals surface area (Å²) >= 11 is 0. The molecule has 3 heterocycles. The summed E-state index contributed by atoms with van der Waals surface area (Å²) in [7, 11) is 3.75. The van der Waals surface area contributed by atoms with Gasteiger partial charge < -0.3 is 19.4 Å². The van der Waals surface area contributed by atoms with Crippen LogP contribution in [-0.2, 0) is 0 Å². The molecule has 0 aliphatic carbocycles. The second-order valence-corrected chi connectivity index (χ2v) is 7.92. The van der Waals surface area contributed by atoms with Gasteiger partial charge in [0.1, 0.15) is 12.1 Å². The Kier molecular flexibility index (Phi) is 5.98. The van der Waals surface area contributed by atoms with Crippen LogP contribution in [0.5, 0.6) is 5.75 Å². The van der Waals surface area contributed by atoms with E-state index in [2.05, 4.69) is 28.0 Å². The quantitative estimate of drug-likeness (QED) is 0.547. The third-order valence-electron chi connectivity index (χ3n) is 6.14. The smallest absolute Gasteiger partial charge is 0.353 e. The highest BCUT2D eigenvalue weighted by Gasteiger charge is 2.33. The zero-order valence-corrected chi connectivity index (χ0v) is 17.5. The van der Waals surface area contributed by atoms with Gasteiger partial charge in [-0.1, -0.05) is 18.2 Å². The van der Waals surface area contributed by atoms with Gasteiger partial charge in [0.25, 0.3) is 0 Å². The summed E-state index contributed by atoms with van der Waals surface area (Å²) in [5.74, 6) is 2.14. The molecule has 1 aromatic carbocycles. The fraction of sp³-hybridized carbons (Fsp3) is 0.524. The average molecular weight is 412 g/mol. The minimum atomic E-state index is -0.324. The maximum atomic E-state index is 12.0. The fourth-order valence-corrected chi connectivity index (χ4v) is 4.41. The standard InChI is InChI=1S/C21H28N6O3/c1-24-11-13-26(14-12-24)21-19(27(28)29)20(22-15-23-21)25-9-7-16(8-10-25)17-5-3-4-6-18(17)30-2/h3-6,15-16H,7-14H2,1-2H3. The van der Waals surface area contributed by atoms with Crippen molar-refractivity contribution >= 4 is 17.3 Å². The summed E-state index contributed by atoms with van der Waals surface area (Å²) in [4.78, 5) is 26.6. The lowest BCUT2D eigenvalue weighted by molar-refractivity contribution is -0.383. The van der Waals surface area contributed by atoms with Crippen molar-refractivity contribution < 1.29 is 9.66 Å². The van der Waals surface area contributed by atoms with Crippen LogP contribution in [-0.4, -0.2) is 73.2 Å². The van der Waals surface area contributed by atoms with Gasteiger partial charge in [0, 0.05) is 39.3 Å². The van der Waals surface area contributed by atoms with Crippen LogP contribution in [0.1, 0.15) is 24.3 Å². The normalized spacial score (nSPS) is 18.5. The lowest BCUT2D eigenvalue weighted by Crippen LogP contribution is -2.45. The Hall–Kier alpha value is -2.94. The number of aromatic nitrogens is 2. The number of nitro groups is 1. The molecule has 1 aromatic heterocycles. The largest absolute Gasteiger partial charge is 0.496 e. The van der Waals surface area contributed by atoms with E-state index in [0.29, 0.717) is 30.6 Å². The van der Waals surface area contributed by atoms with E-state index in [0.717, 1.165) is 44.8 Å². The van der Waals surface area contributed by atoms with Gasteiger partial charge in [0.05, 0.1) is 12.0 Å². The third kappa shape index (κ3) is 4.02. The second kappa shape index (κ2) is 8.83. The zero-order valence-electron chi connectivity index (χ0n) is 17.5. The molecule has 2 aliphatic heterocycles. The Labute approximate surface area is 176 Å². The van der Waals surface area contributed by atoms with Crippen molar-refractivity contribution in [1.29, 1.82) is 0 Å². The highest BCUT2D eigenvalue weighted by atomic mass is 16.6. The van der Waals surface area contributed by atoms with Crippen LogP contribution in [0.4, 0.5) is 17.3 Å². The van der Waals surface area contributed by atoms with E-state index >= 15 is 0 Å². The first kappa shape index (κ1) is 20.3. The molecule has 0 bridgehead atoms. The van der Waals surface area contributed by atoms with Crippen molar-refractivity contribution in [2.24, 2.45) is 0 Å². The van der Waals surface area contributed by atoms with Crippen LogP contribution in [0.3, 0.4) is 0 Å². The van der Waals surface area contributed by atoms with Gasteiger partial charge in [-0.15, -0.1) is 0 Å². The van der Waals surface area contributed by atoms with Crippen molar-refractivity contribution in [3.8, 4) is 5.75 Å². The highest BCUT2D eigenvalue weighted by Crippen LogP contribution is 2.39. The maximum Gasteiger partial charge on any atom is 0.353 e. The number of piperazine rings is 1. The number of nitrogens with zero attached hydrogens (tertiary/aromatic N) is 6. The molecule has 0 radical (unpaired) electrons. The van der Waals surface area contributed by atoms with Crippen LogP contribution in [0.2, 0.25) is 0 Å². The Morgan fingerprint density at radius 2 is 1.60 bits per heavy atom. The SMILES string of the molecule is COc1ccccc1C1CCN(c2ncnc(N3CCN(C)CC3)c2[N+](=O)[O-])CC1. The van der Waals surface area contributed by atoms with Crippen molar-refractivity contribution in [3.63, 3.8) is 0 Å². The number of para-hydroxylation sites is 1. The van der Waals surface area contributed by atoms with Crippen LogP contribution >= 0.6 is 0 Å². The van der Waals surface area contributed by atoms with Gasteiger partial charge in [0.15, 0.2) is 0 Å². The minimum absolute atomic E-state index is 0.0257.